The van der Waals surface area contributed by atoms with Gasteiger partial charge in [-0.25, -0.2) is 9.37 Å². The lowest BCUT2D eigenvalue weighted by Gasteiger charge is -2.02. The number of halogens is 1. The van der Waals surface area contributed by atoms with Crippen molar-refractivity contribution in [3.05, 3.63) is 53.0 Å². The van der Waals surface area contributed by atoms with Gasteiger partial charge in [-0.05, 0) is 38.1 Å². The number of aromatic nitrogens is 1. The molecule has 0 aliphatic rings. The topological polar surface area (TPSA) is 55.1 Å². The number of hydrogen-bond acceptors (Lipinski definition) is 3. The highest BCUT2D eigenvalue weighted by atomic mass is 19.1. The van der Waals surface area contributed by atoms with Crippen LogP contribution in [0.25, 0.3) is 0 Å². The van der Waals surface area contributed by atoms with Crippen LogP contribution < -0.4 is 5.32 Å². The Morgan fingerprint density at radius 3 is 2.56 bits per heavy atom. The Bertz CT molecular complexity index is 541. The third-order valence-electron chi connectivity index (χ3n) is 2.58. The summed E-state index contributed by atoms with van der Waals surface area (Å²) in [6.07, 6.45) is 0. The van der Waals surface area contributed by atoms with Gasteiger partial charge in [0.05, 0.1) is 12.2 Å². The fourth-order valence-corrected chi connectivity index (χ4v) is 1.47. The molecule has 0 aliphatic carbocycles. The molecule has 1 aromatic carbocycles. The summed E-state index contributed by atoms with van der Waals surface area (Å²) < 4.78 is 18.0. The van der Waals surface area contributed by atoms with Crippen LogP contribution in [-0.4, -0.2) is 10.9 Å². The van der Waals surface area contributed by atoms with Gasteiger partial charge in [0.25, 0.3) is 5.91 Å². The van der Waals surface area contributed by atoms with Gasteiger partial charge in [0.2, 0.25) is 5.89 Å². The third-order valence-corrected chi connectivity index (χ3v) is 2.58. The predicted octanol–water partition coefficient (Wildman–Crippen LogP) is 2.36. The van der Waals surface area contributed by atoms with Crippen molar-refractivity contribution in [1.82, 2.24) is 10.3 Å². The Hall–Kier alpha value is -2.17. The number of aryl methyl sites for hydroxylation is 2. The molecule has 4 nitrogen and oxygen atoms in total. The van der Waals surface area contributed by atoms with Gasteiger partial charge in [0.15, 0.2) is 0 Å². The lowest BCUT2D eigenvalue weighted by Crippen LogP contribution is -2.22. The van der Waals surface area contributed by atoms with E-state index in [1.807, 2.05) is 13.8 Å². The monoisotopic (exact) mass is 248 g/mol. The maximum absolute atomic E-state index is 12.7. The number of nitrogens with zero attached hydrogens (tertiary/aromatic N) is 1. The molecule has 0 unspecified atom stereocenters. The maximum Gasteiger partial charge on any atom is 0.251 e. The van der Waals surface area contributed by atoms with Crippen LogP contribution in [0.15, 0.2) is 28.7 Å². The van der Waals surface area contributed by atoms with E-state index in [0.29, 0.717) is 11.5 Å². The highest BCUT2D eigenvalue weighted by Crippen LogP contribution is 2.08. The Morgan fingerprint density at radius 1 is 1.33 bits per heavy atom. The summed E-state index contributed by atoms with van der Waals surface area (Å²) in [5.41, 5.74) is 1.21. The minimum Gasteiger partial charge on any atom is -0.444 e. The van der Waals surface area contributed by atoms with Crippen LogP contribution in [0, 0.1) is 19.7 Å². The molecule has 1 N–H and O–H groups in total. The Balaban J connectivity index is 1.98. The first-order valence-electron chi connectivity index (χ1n) is 5.53. The molecule has 0 spiro atoms. The lowest BCUT2D eigenvalue weighted by atomic mass is 10.2. The second-order valence-corrected chi connectivity index (χ2v) is 3.94. The van der Waals surface area contributed by atoms with E-state index in [2.05, 4.69) is 10.3 Å². The summed E-state index contributed by atoms with van der Waals surface area (Å²) in [7, 11) is 0. The van der Waals surface area contributed by atoms with Gasteiger partial charge in [0, 0.05) is 5.56 Å². The van der Waals surface area contributed by atoms with Crippen molar-refractivity contribution >= 4 is 5.91 Å². The van der Waals surface area contributed by atoms with Crippen LogP contribution in [0.5, 0.6) is 0 Å². The van der Waals surface area contributed by atoms with Gasteiger partial charge in [-0.3, -0.25) is 4.79 Å². The molecular formula is C13H13FN2O2. The SMILES string of the molecule is Cc1nc(CNC(=O)c2ccc(F)cc2)oc1C. The first-order valence-corrected chi connectivity index (χ1v) is 5.53. The van der Waals surface area contributed by atoms with Gasteiger partial charge < -0.3 is 9.73 Å². The number of rotatable bonds is 3. The van der Waals surface area contributed by atoms with Gasteiger partial charge >= 0.3 is 0 Å². The van der Waals surface area contributed by atoms with Crippen LogP contribution in [0.1, 0.15) is 27.7 Å². The minimum atomic E-state index is -0.370. The van der Waals surface area contributed by atoms with Crippen molar-refractivity contribution in [3.8, 4) is 0 Å². The van der Waals surface area contributed by atoms with Gasteiger partial charge in [-0.1, -0.05) is 0 Å². The predicted molar refractivity (Wildman–Crippen MR) is 63.5 cm³/mol. The molecule has 2 rings (SSSR count). The second kappa shape index (κ2) is 5.00. The van der Waals surface area contributed by atoms with E-state index >= 15 is 0 Å². The molecule has 0 radical (unpaired) electrons. The number of nitrogens with one attached hydrogen (secondary N) is 1. The van der Waals surface area contributed by atoms with Gasteiger partial charge in [-0.15, -0.1) is 0 Å². The number of amides is 1. The molecule has 1 heterocycles. The summed E-state index contributed by atoms with van der Waals surface area (Å²) in [5, 5.41) is 2.66. The lowest BCUT2D eigenvalue weighted by molar-refractivity contribution is 0.0947. The molecule has 94 valence electrons. The van der Waals surface area contributed by atoms with E-state index in [0.717, 1.165) is 11.5 Å². The first-order chi connectivity index (χ1) is 8.56. The molecule has 1 aromatic heterocycles. The molecule has 5 heteroatoms. The number of hydrogen-bond donors (Lipinski definition) is 1. The maximum atomic E-state index is 12.7. The van der Waals surface area contributed by atoms with Crippen molar-refractivity contribution in [3.63, 3.8) is 0 Å². The molecular weight excluding hydrogens is 235 g/mol. The van der Waals surface area contributed by atoms with Crippen molar-refractivity contribution in [1.29, 1.82) is 0 Å². The molecule has 0 atom stereocenters. The van der Waals surface area contributed by atoms with E-state index in [-0.39, 0.29) is 18.3 Å². The van der Waals surface area contributed by atoms with Crippen LogP contribution in [0.3, 0.4) is 0 Å². The van der Waals surface area contributed by atoms with Gasteiger partial charge in [-0.2, -0.15) is 0 Å². The Morgan fingerprint density at radius 2 is 2.00 bits per heavy atom. The number of carbonyl (C=O) groups is 1. The third kappa shape index (κ3) is 2.74. The van der Waals surface area contributed by atoms with Crippen molar-refractivity contribution in [2.45, 2.75) is 20.4 Å². The molecule has 2 aromatic rings. The highest BCUT2D eigenvalue weighted by molar-refractivity contribution is 5.93. The zero-order chi connectivity index (χ0) is 13.1. The molecule has 1 amide bonds. The summed E-state index contributed by atoms with van der Waals surface area (Å²) in [6, 6.07) is 5.34. The van der Waals surface area contributed by atoms with Crippen LogP contribution in [-0.2, 0) is 6.54 Å². The summed E-state index contributed by atoms with van der Waals surface area (Å²) in [4.78, 5) is 15.9. The number of oxazole rings is 1. The normalized spacial score (nSPS) is 10.4. The first kappa shape index (κ1) is 12.3. The zero-order valence-electron chi connectivity index (χ0n) is 10.2. The molecule has 0 aliphatic heterocycles. The highest BCUT2D eigenvalue weighted by Gasteiger charge is 2.09. The standard InChI is InChI=1S/C13H13FN2O2/c1-8-9(2)18-12(16-8)7-15-13(17)10-3-5-11(14)6-4-10/h3-6H,7H2,1-2H3,(H,15,17). The van der Waals surface area contributed by atoms with E-state index in [9.17, 15) is 9.18 Å². The van der Waals surface area contributed by atoms with E-state index in [4.69, 9.17) is 4.42 Å². The van der Waals surface area contributed by atoms with E-state index < -0.39 is 0 Å². The van der Waals surface area contributed by atoms with E-state index in [1.54, 1.807) is 0 Å². The molecule has 0 bridgehead atoms. The quantitative estimate of drug-likeness (QED) is 0.907. The molecule has 0 fully saturated rings. The fourth-order valence-electron chi connectivity index (χ4n) is 1.47. The second-order valence-electron chi connectivity index (χ2n) is 3.94. The fraction of sp³-hybridized carbons (Fsp3) is 0.231. The molecule has 0 saturated heterocycles. The van der Waals surface area contributed by atoms with Crippen molar-refractivity contribution < 1.29 is 13.6 Å². The summed E-state index contributed by atoms with van der Waals surface area (Å²) >= 11 is 0. The number of benzene rings is 1. The summed E-state index contributed by atoms with van der Waals surface area (Å²) in [6.45, 7) is 3.86. The van der Waals surface area contributed by atoms with E-state index in [1.165, 1.54) is 24.3 Å². The van der Waals surface area contributed by atoms with Crippen LogP contribution >= 0.6 is 0 Å². The Kier molecular flexibility index (Phi) is 3.41. The van der Waals surface area contributed by atoms with Gasteiger partial charge in [0.1, 0.15) is 11.6 Å². The van der Waals surface area contributed by atoms with Crippen molar-refractivity contribution in [2.24, 2.45) is 0 Å². The minimum absolute atomic E-state index is 0.213. The van der Waals surface area contributed by atoms with Crippen LogP contribution in [0.2, 0.25) is 0 Å². The number of carbonyl (C=O) groups excluding carboxylic acids is 1. The average molecular weight is 248 g/mol. The zero-order valence-corrected chi connectivity index (χ0v) is 10.2. The van der Waals surface area contributed by atoms with Crippen molar-refractivity contribution in [2.75, 3.05) is 0 Å². The smallest absolute Gasteiger partial charge is 0.251 e. The Labute approximate surface area is 104 Å². The molecule has 0 saturated carbocycles. The average Bonchev–Trinajstić information content (AvgIpc) is 2.67. The summed E-state index contributed by atoms with van der Waals surface area (Å²) in [5.74, 6) is 0.537. The largest absolute Gasteiger partial charge is 0.444 e. The molecule has 18 heavy (non-hydrogen) atoms. The van der Waals surface area contributed by atoms with Crippen LogP contribution in [0.4, 0.5) is 4.39 Å².